The van der Waals surface area contributed by atoms with Crippen LogP contribution in [0.25, 0.3) is 10.4 Å². The van der Waals surface area contributed by atoms with Crippen LogP contribution in [0.15, 0.2) is 54.6 Å². The minimum atomic E-state index is -1.38. The van der Waals surface area contributed by atoms with Gasteiger partial charge in [-0.1, -0.05) is 48.0 Å². The Bertz CT molecular complexity index is 1030. The lowest BCUT2D eigenvalue weighted by Crippen LogP contribution is -2.55. The quantitative estimate of drug-likeness (QED) is 0.489. The Morgan fingerprint density at radius 1 is 0.871 bits per heavy atom. The van der Waals surface area contributed by atoms with Crippen LogP contribution in [0.1, 0.15) is 33.2 Å². The molecule has 164 valence electrons. The van der Waals surface area contributed by atoms with Crippen LogP contribution in [-0.2, 0) is 11.2 Å². The zero-order chi connectivity index (χ0) is 22.1. The molecule has 2 heterocycles. The molecule has 1 saturated heterocycles. The third kappa shape index (κ3) is 4.60. The van der Waals surface area contributed by atoms with E-state index in [2.05, 4.69) is 43.3 Å². The Labute approximate surface area is 186 Å². The standard InChI is InChI=1S/C25H28O5S/c1-14-3-6-16(7-4-14)21-10-9-19(31-21)12-18-11-17(8-5-15(18)2)25-24(29)23(28)22(27)20(13-26)30-25/h3-11,20,22-29H,12-13H2,1-2H3/t20-,22-,23+,24-,25?/m1/s1. The largest absolute Gasteiger partial charge is 0.394 e. The van der Waals surface area contributed by atoms with Gasteiger partial charge in [0.1, 0.15) is 30.5 Å². The molecule has 0 amide bonds. The van der Waals surface area contributed by atoms with E-state index in [0.29, 0.717) is 5.56 Å². The molecular weight excluding hydrogens is 412 g/mol. The fourth-order valence-corrected chi connectivity index (χ4v) is 5.01. The van der Waals surface area contributed by atoms with Crippen molar-refractivity contribution in [1.29, 1.82) is 0 Å². The van der Waals surface area contributed by atoms with Crippen LogP contribution in [0.5, 0.6) is 0 Å². The molecule has 2 aromatic carbocycles. The fourth-order valence-electron chi connectivity index (χ4n) is 3.97. The van der Waals surface area contributed by atoms with E-state index >= 15 is 0 Å². The summed E-state index contributed by atoms with van der Waals surface area (Å²) in [4.78, 5) is 2.45. The summed E-state index contributed by atoms with van der Waals surface area (Å²) in [6.07, 6.45) is -5.00. The Kier molecular flexibility index (Phi) is 6.57. The van der Waals surface area contributed by atoms with Gasteiger partial charge in [0.05, 0.1) is 6.61 Å². The Morgan fingerprint density at radius 2 is 1.61 bits per heavy atom. The van der Waals surface area contributed by atoms with Gasteiger partial charge < -0.3 is 25.2 Å². The van der Waals surface area contributed by atoms with E-state index in [1.165, 1.54) is 20.9 Å². The minimum Gasteiger partial charge on any atom is -0.394 e. The lowest BCUT2D eigenvalue weighted by Gasteiger charge is -2.40. The van der Waals surface area contributed by atoms with Crippen molar-refractivity contribution in [2.75, 3.05) is 6.61 Å². The van der Waals surface area contributed by atoms with Gasteiger partial charge in [0, 0.05) is 16.2 Å². The maximum atomic E-state index is 10.5. The first-order valence-electron chi connectivity index (χ1n) is 10.4. The Hall–Kier alpha value is -2.06. The van der Waals surface area contributed by atoms with Gasteiger partial charge in [-0.2, -0.15) is 0 Å². The predicted octanol–water partition coefficient (Wildman–Crippen LogP) is 3.14. The molecule has 1 aliphatic rings. The van der Waals surface area contributed by atoms with E-state index in [9.17, 15) is 20.4 Å². The number of thiophene rings is 1. The zero-order valence-electron chi connectivity index (χ0n) is 17.6. The second-order valence-corrected chi connectivity index (χ2v) is 9.41. The summed E-state index contributed by atoms with van der Waals surface area (Å²) >= 11 is 1.76. The summed E-state index contributed by atoms with van der Waals surface area (Å²) < 4.78 is 5.73. The van der Waals surface area contributed by atoms with Gasteiger partial charge in [0.15, 0.2) is 0 Å². The molecule has 5 atom stereocenters. The summed E-state index contributed by atoms with van der Waals surface area (Å²) in [6, 6.07) is 18.6. The first kappa shape index (κ1) is 22.1. The molecule has 0 radical (unpaired) electrons. The molecule has 4 rings (SSSR count). The molecule has 0 aliphatic carbocycles. The first-order chi connectivity index (χ1) is 14.9. The van der Waals surface area contributed by atoms with Crippen LogP contribution in [0.4, 0.5) is 0 Å². The molecule has 6 heteroatoms. The average molecular weight is 441 g/mol. The number of aryl methyl sites for hydroxylation is 2. The van der Waals surface area contributed by atoms with Crippen LogP contribution in [0.2, 0.25) is 0 Å². The zero-order valence-corrected chi connectivity index (χ0v) is 18.4. The normalized spacial score (nSPS) is 26.2. The third-order valence-electron chi connectivity index (χ3n) is 5.96. The number of rotatable bonds is 5. The smallest absolute Gasteiger partial charge is 0.113 e. The predicted molar refractivity (Wildman–Crippen MR) is 121 cm³/mol. The number of aliphatic hydroxyl groups is 4. The van der Waals surface area contributed by atoms with E-state index in [0.717, 1.165) is 17.5 Å². The lowest BCUT2D eigenvalue weighted by atomic mass is 9.89. The first-order valence-corrected chi connectivity index (χ1v) is 11.2. The van der Waals surface area contributed by atoms with E-state index in [1.54, 1.807) is 11.3 Å². The summed E-state index contributed by atoms with van der Waals surface area (Å²) in [7, 11) is 0. The third-order valence-corrected chi connectivity index (χ3v) is 7.09. The SMILES string of the molecule is Cc1ccc(-c2ccc(Cc3cc(C4O[C@H](CO)[C@@H](O)[C@H](O)[C@H]4O)ccc3C)s2)cc1. The molecule has 1 fully saturated rings. The fraction of sp³-hybridized carbons (Fsp3) is 0.360. The van der Waals surface area contributed by atoms with Crippen molar-refractivity contribution in [2.24, 2.45) is 0 Å². The van der Waals surface area contributed by atoms with Gasteiger partial charge in [-0.05, 0) is 48.2 Å². The van der Waals surface area contributed by atoms with Crippen LogP contribution < -0.4 is 0 Å². The molecule has 31 heavy (non-hydrogen) atoms. The summed E-state index contributed by atoms with van der Waals surface area (Å²) in [6.45, 7) is 3.69. The van der Waals surface area contributed by atoms with Crippen LogP contribution in [0.3, 0.4) is 0 Å². The van der Waals surface area contributed by atoms with Gasteiger partial charge in [0.2, 0.25) is 0 Å². The molecule has 0 bridgehead atoms. The van der Waals surface area contributed by atoms with Gasteiger partial charge >= 0.3 is 0 Å². The number of hydrogen-bond acceptors (Lipinski definition) is 6. The highest BCUT2D eigenvalue weighted by Gasteiger charge is 2.43. The maximum Gasteiger partial charge on any atom is 0.113 e. The molecular formula is C25H28O5S. The van der Waals surface area contributed by atoms with Crippen molar-refractivity contribution >= 4 is 11.3 Å². The van der Waals surface area contributed by atoms with Crippen molar-refractivity contribution < 1.29 is 25.2 Å². The summed E-state index contributed by atoms with van der Waals surface area (Å²) in [5, 5.41) is 40.1. The summed E-state index contributed by atoms with van der Waals surface area (Å²) in [5.74, 6) is 0. The van der Waals surface area contributed by atoms with E-state index < -0.39 is 37.1 Å². The van der Waals surface area contributed by atoms with E-state index in [4.69, 9.17) is 4.74 Å². The average Bonchev–Trinajstić information content (AvgIpc) is 3.23. The molecule has 1 aromatic heterocycles. The number of aliphatic hydroxyl groups excluding tert-OH is 4. The minimum absolute atomic E-state index is 0.433. The Morgan fingerprint density at radius 3 is 2.32 bits per heavy atom. The molecule has 1 aliphatic heterocycles. The molecule has 1 unspecified atom stereocenters. The highest BCUT2D eigenvalue weighted by Crippen LogP contribution is 2.35. The molecule has 0 saturated carbocycles. The molecule has 0 spiro atoms. The van der Waals surface area contributed by atoms with Gasteiger partial charge in [0.25, 0.3) is 0 Å². The lowest BCUT2D eigenvalue weighted by molar-refractivity contribution is -0.231. The van der Waals surface area contributed by atoms with E-state index in [-0.39, 0.29) is 0 Å². The number of benzene rings is 2. The Balaban J connectivity index is 1.57. The highest BCUT2D eigenvalue weighted by atomic mass is 32.1. The second-order valence-electron chi connectivity index (χ2n) is 8.24. The van der Waals surface area contributed by atoms with Crippen molar-refractivity contribution in [3.63, 3.8) is 0 Å². The molecule has 3 aromatic rings. The van der Waals surface area contributed by atoms with Gasteiger partial charge in [-0.15, -0.1) is 11.3 Å². The topological polar surface area (TPSA) is 90.2 Å². The van der Waals surface area contributed by atoms with Crippen molar-refractivity contribution in [2.45, 2.75) is 50.8 Å². The van der Waals surface area contributed by atoms with Crippen LogP contribution in [-0.4, -0.2) is 51.4 Å². The van der Waals surface area contributed by atoms with Gasteiger partial charge in [-0.3, -0.25) is 0 Å². The van der Waals surface area contributed by atoms with Crippen molar-refractivity contribution in [3.05, 3.63) is 81.7 Å². The van der Waals surface area contributed by atoms with Crippen LogP contribution in [0, 0.1) is 13.8 Å². The molecule has 4 N–H and O–H groups in total. The van der Waals surface area contributed by atoms with Gasteiger partial charge in [-0.25, -0.2) is 0 Å². The second kappa shape index (κ2) is 9.20. The highest BCUT2D eigenvalue weighted by molar-refractivity contribution is 7.15. The van der Waals surface area contributed by atoms with Crippen LogP contribution >= 0.6 is 11.3 Å². The monoisotopic (exact) mass is 440 g/mol. The van der Waals surface area contributed by atoms with Crippen molar-refractivity contribution in [3.8, 4) is 10.4 Å². The van der Waals surface area contributed by atoms with E-state index in [1.807, 2.05) is 25.1 Å². The number of ether oxygens (including phenoxy) is 1. The maximum absolute atomic E-state index is 10.5. The number of hydrogen-bond donors (Lipinski definition) is 4. The molecule has 5 nitrogen and oxygen atoms in total. The summed E-state index contributed by atoms with van der Waals surface area (Å²) in [5.41, 5.74) is 5.38. The van der Waals surface area contributed by atoms with Crippen molar-refractivity contribution in [1.82, 2.24) is 0 Å².